The molecule has 0 bridgehead atoms. The number of hydrogen-bond donors (Lipinski definition) is 1. The van der Waals surface area contributed by atoms with Crippen LogP contribution in [0.4, 0.5) is 5.69 Å². The van der Waals surface area contributed by atoms with E-state index in [-0.39, 0.29) is 22.4 Å². The lowest BCUT2D eigenvalue weighted by Gasteiger charge is -2.17. The summed E-state index contributed by atoms with van der Waals surface area (Å²) in [5, 5.41) is 9.97. The molecular weight excluding hydrogens is 394 g/mol. The highest BCUT2D eigenvalue weighted by atomic mass is 35.5. The first-order valence-corrected chi connectivity index (χ1v) is 9.04. The van der Waals surface area contributed by atoms with Crippen LogP contribution >= 0.6 is 35.6 Å². The lowest BCUT2D eigenvalue weighted by Crippen LogP contribution is -2.27. The van der Waals surface area contributed by atoms with Crippen molar-refractivity contribution in [2.45, 2.75) is 0 Å². The van der Waals surface area contributed by atoms with E-state index in [0.29, 0.717) is 26.2 Å². The van der Waals surface area contributed by atoms with Crippen LogP contribution in [0.25, 0.3) is 6.08 Å². The minimum atomic E-state index is -0.257. The molecule has 1 aliphatic heterocycles. The first-order valence-electron chi connectivity index (χ1n) is 7.43. The number of nitrogens with zero attached hydrogens (tertiary/aromatic N) is 1. The summed E-state index contributed by atoms with van der Waals surface area (Å²) in [6, 6.07) is 10.3. The van der Waals surface area contributed by atoms with E-state index in [9.17, 15) is 9.90 Å². The fourth-order valence-corrected chi connectivity index (χ4v) is 3.98. The molecule has 3 rings (SSSR count). The Kier molecular flexibility index (Phi) is 5.41. The van der Waals surface area contributed by atoms with E-state index < -0.39 is 0 Å². The summed E-state index contributed by atoms with van der Waals surface area (Å²) in [7, 11) is 2.97. The molecule has 1 aliphatic rings. The van der Waals surface area contributed by atoms with E-state index in [1.165, 1.54) is 30.9 Å². The molecule has 1 fully saturated rings. The van der Waals surface area contributed by atoms with E-state index >= 15 is 0 Å². The minimum absolute atomic E-state index is 0.135. The van der Waals surface area contributed by atoms with Crippen LogP contribution in [-0.2, 0) is 4.79 Å². The molecule has 0 unspecified atom stereocenters. The number of benzene rings is 2. The number of phenolic OH excluding ortho intramolecular Hbond substituents is 1. The summed E-state index contributed by atoms with van der Waals surface area (Å²) < 4.78 is 10.8. The zero-order valence-electron chi connectivity index (χ0n) is 13.9. The van der Waals surface area contributed by atoms with Gasteiger partial charge in [0, 0.05) is 0 Å². The van der Waals surface area contributed by atoms with Crippen molar-refractivity contribution < 1.29 is 19.4 Å². The number of methoxy groups -OCH3 is 2. The van der Waals surface area contributed by atoms with E-state index in [0.717, 1.165) is 0 Å². The SMILES string of the molecule is COc1ccccc1N1C(=O)/C(=C/c2cc(Cl)c(O)c(OC)c2)SC1=S. The van der Waals surface area contributed by atoms with Crippen LogP contribution in [0.1, 0.15) is 5.56 Å². The maximum absolute atomic E-state index is 12.9. The van der Waals surface area contributed by atoms with Crippen molar-refractivity contribution in [3.63, 3.8) is 0 Å². The molecular formula is C18H14ClNO4S2. The number of aromatic hydroxyl groups is 1. The maximum Gasteiger partial charge on any atom is 0.270 e. The predicted molar refractivity (Wildman–Crippen MR) is 108 cm³/mol. The second-order valence-electron chi connectivity index (χ2n) is 5.24. The number of anilines is 1. The van der Waals surface area contributed by atoms with Gasteiger partial charge in [0.05, 0.1) is 29.8 Å². The number of amides is 1. The number of halogens is 1. The van der Waals surface area contributed by atoms with Crippen LogP contribution in [-0.4, -0.2) is 29.6 Å². The molecule has 1 amide bonds. The summed E-state index contributed by atoms with van der Waals surface area (Å²) in [6.45, 7) is 0. The quantitative estimate of drug-likeness (QED) is 0.596. The maximum atomic E-state index is 12.9. The zero-order valence-corrected chi connectivity index (χ0v) is 16.2. The number of rotatable bonds is 4. The molecule has 0 saturated carbocycles. The Labute approximate surface area is 165 Å². The third-order valence-electron chi connectivity index (χ3n) is 3.69. The van der Waals surface area contributed by atoms with Crippen LogP contribution in [0.2, 0.25) is 5.02 Å². The van der Waals surface area contributed by atoms with Crippen LogP contribution in [0.15, 0.2) is 41.3 Å². The van der Waals surface area contributed by atoms with Gasteiger partial charge in [-0.2, -0.15) is 0 Å². The summed E-state index contributed by atoms with van der Waals surface area (Å²) in [4.78, 5) is 14.7. The van der Waals surface area contributed by atoms with Crippen molar-refractivity contribution >= 4 is 57.6 Å². The molecule has 0 aromatic heterocycles. The Balaban J connectivity index is 1.99. The molecule has 134 valence electrons. The third-order valence-corrected chi connectivity index (χ3v) is 5.28. The summed E-state index contributed by atoms with van der Waals surface area (Å²) in [5.41, 5.74) is 1.20. The van der Waals surface area contributed by atoms with Gasteiger partial charge in [0.2, 0.25) is 0 Å². The molecule has 0 spiro atoms. The van der Waals surface area contributed by atoms with Gasteiger partial charge in [-0.1, -0.05) is 47.7 Å². The van der Waals surface area contributed by atoms with Crippen molar-refractivity contribution in [3.05, 3.63) is 51.9 Å². The Morgan fingerprint density at radius 2 is 1.88 bits per heavy atom. The molecule has 0 radical (unpaired) electrons. The van der Waals surface area contributed by atoms with Crippen molar-refractivity contribution in [2.75, 3.05) is 19.1 Å². The highest BCUT2D eigenvalue weighted by molar-refractivity contribution is 8.27. The van der Waals surface area contributed by atoms with Gasteiger partial charge in [-0.15, -0.1) is 0 Å². The Morgan fingerprint density at radius 3 is 2.58 bits per heavy atom. The monoisotopic (exact) mass is 407 g/mol. The number of thioether (sulfide) groups is 1. The van der Waals surface area contributed by atoms with Gasteiger partial charge >= 0.3 is 0 Å². The number of carbonyl (C=O) groups excluding carboxylic acids is 1. The average Bonchev–Trinajstić information content (AvgIpc) is 2.91. The van der Waals surface area contributed by atoms with Gasteiger partial charge in [-0.3, -0.25) is 9.69 Å². The third kappa shape index (κ3) is 3.38. The molecule has 2 aromatic rings. The van der Waals surface area contributed by atoms with Crippen molar-refractivity contribution in [3.8, 4) is 17.2 Å². The van der Waals surface area contributed by atoms with Gasteiger partial charge in [0.25, 0.3) is 5.91 Å². The normalized spacial score (nSPS) is 15.7. The zero-order chi connectivity index (χ0) is 18.8. The smallest absolute Gasteiger partial charge is 0.270 e. The largest absolute Gasteiger partial charge is 0.503 e. The second kappa shape index (κ2) is 7.57. The number of hydrogen-bond acceptors (Lipinski definition) is 6. The van der Waals surface area contributed by atoms with Crippen LogP contribution in [0.5, 0.6) is 17.2 Å². The van der Waals surface area contributed by atoms with E-state index in [2.05, 4.69) is 0 Å². The van der Waals surface area contributed by atoms with E-state index in [4.69, 9.17) is 33.3 Å². The molecule has 1 N–H and O–H groups in total. The fraction of sp³-hybridized carbons (Fsp3) is 0.111. The summed E-state index contributed by atoms with van der Waals surface area (Å²) in [5.74, 6) is 0.379. The molecule has 5 nitrogen and oxygen atoms in total. The predicted octanol–water partition coefficient (Wildman–Crippen LogP) is 4.47. The average molecular weight is 408 g/mol. The summed E-state index contributed by atoms with van der Waals surface area (Å²) >= 11 is 12.6. The van der Waals surface area contributed by atoms with Gasteiger partial charge in [-0.05, 0) is 35.9 Å². The van der Waals surface area contributed by atoms with E-state index in [1.54, 1.807) is 30.3 Å². The molecule has 2 aromatic carbocycles. The number of para-hydroxylation sites is 2. The van der Waals surface area contributed by atoms with Crippen LogP contribution in [0, 0.1) is 0 Å². The highest BCUT2D eigenvalue weighted by Gasteiger charge is 2.34. The number of phenols is 1. The van der Waals surface area contributed by atoms with Crippen molar-refractivity contribution in [1.82, 2.24) is 0 Å². The lowest BCUT2D eigenvalue weighted by atomic mass is 10.1. The topological polar surface area (TPSA) is 59.0 Å². The van der Waals surface area contributed by atoms with E-state index in [1.807, 2.05) is 12.1 Å². The first-order chi connectivity index (χ1) is 12.5. The lowest BCUT2D eigenvalue weighted by molar-refractivity contribution is -0.113. The Bertz CT molecular complexity index is 929. The Morgan fingerprint density at radius 1 is 1.19 bits per heavy atom. The number of thiocarbonyl (C=S) groups is 1. The molecule has 0 aliphatic carbocycles. The van der Waals surface area contributed by atoms with Crippen LogP contribution in [0.3, 0.4) is 0 Å². The number of ether oxygens (including phenoxy) is 2. The Hall–Kier alpha value is -2.22. The van der Waals surface area contributed by atoms with Crippen molar-refractivity contribution in [1.29, 1.82) is 0 Å². The van der Waals surface area contributed by atoms with Crippen LogP contribution < -0.4 is 14.4 Å². The second-order valence-corrected chi connectivity index (χ2v) is 7.33. The fourth-order valence-electron chi connectivity index (χ4n) is 2.47. The first kappa shape index (κ1) is 18.6. The molecule has 8 heteroatoms. The van der Waals surface area contributed by atoms with Crippen molar-refractivity contribution in [2.24, 2.45) is 0 Å². The standard InChI is InChI=1S/C18H14ClNO4S2/c1-23-13-6-4-3-5-12(13)20-17(22)15(26-18(20)25)9-10-7-11(19)16(21)14(8-10)24-2/h3-9,21H,1-2H3/b15-9-. The van der Waals surface area contributed by atoms with Gasteiger partial charge in [0.15, 0.2) is 15.8 Å². The molecule has 1 saturated heterocycles. The molecule has 1 heterocycles. The highest BCUT2D eigenvalue weighted by Crippen LogP contribution is 2.41. The minimum Gasteiger partial charge on any atom is -0.503 e. The van der Waals surface area contributed by atoms with Gasteiger partial charge < -0.3 is 14.6 Å². The molecule has 0 atom stereocenters. The molecule has 26 heavy (non-hydrogen) atoms. The van der Waals surface area contributed by atoms with Gasteiger partial charge in [0.1, 0.15) is 5.75 Å². The summed E-state index contributed by atoms with van der Waals surface area (Å²) in [6.07, 6.45) is 1.66. The van der Waals surface area contributed by atoms with Gasteiger partial charge in [-0.25, -0.2) is 0 Å². The number of carbonyl (C=O) groups is 1.